The molecule has 2 fully saturated rings. The second-order valence-electron chi connectivity index (χ2n) is 6.52. The van der Waals surface area contributed by atoms with Gasteiger partial charge in [-0.25, -0.2) is 0 Å². The molecular formula is C18H23FINO2. The van der Waals surface area contributed by atoms with Gasteiger partial charge in [-0.15, -0.1) is 0 Å². The van der Waals surface area contributed by atoms with Crippen molar-refractivity contribution in [2.45, 2.75) is 43.7 Å². The molecule has 23 heavy (non-hydrogen) atoms. The molecule has 4 atom stereocenters. The Morgan fingerprint density at radius 2 is 2.09 bits per heavy atom. The number of hydrogen-bond acceptors (Lipinski definition) is 3. The van der Waals surface area contributed by atoms with Crippen molar-refractivity contribution in [1.82, 2.24) is 4.90 Å². The lowest BCUT2D eigenvalue weighted by atomic mass is 9.76. The summed E-state index contributed by atoms with van der Waals surface area (Å²) in [5.74, 6) is -0.0545. The zero-order chi connectivity index (χ0) is 16.4. The van der Waals surface area contributed by atoms with Crippen molar-refractivity contribution in [3.8, 4) is 0 Å². The van der Waals surface area contributed by atoms with Crippen LogP contribution < -0.4 is 0 Å². The van der Waals surface area contributed by atoms with Gasteiger partial charge in [0.15, 0.2) is 0 Å². The van der Waals surface area contributed by atoms with E-state index in [-0.39, 0.29) is 30.5 Å². The molecule has 2 aliphatic heterocycles. The molecule has 0 N–H and O–H groups in total. The zero-order valence-corrected chi connectivity index (χ0v) is 15.5. The Hall–Kier alpha value is -0.690. The topological polar surface area (TPSA) is 29.5 Å². The molecular weight excluding hydrogens is 408 g/mol. The number of hydrogen-bond donors (Lipinski definition) is 0. The third-order valence-electron chi connectivity index (χ3n) is 5.39. The van der Waals surface area contributed by atoms with Gasteiger partial charge >= 0.3 is 5.97 Å². The summed E-state index contributed by atoms with van der Waals surface area (Å²) in [5.41, 5.74) is 1.22. The first-order valence-corrected chi connectivity index (χ1v) is 9.38. The molecule has 0 aromatic heterocycles. The lowest BCUT2D eigenvalue weighted by molar-refractivity contribution is -0.150. The highest BCUT2D eigenvalue weighted by molar-refractivity contribution is 14.1. The Bertz CT molecular complexity index is 550. The summed E-state index contributed by atoms with van der Waals surface area (Å²) in [7, 11) is 1.47. The van der Waals surface area contributed by atoms with Crippen LogP contribution in [0.5, 0.6) is 0 Å². The third-order valence-corrected chi connectivity index (χ3v) is 6.11. The van der Waals surface area contributed by atoms with E-state index in [9.17, 15) is 9.18 Å². The maximum absolute atomic E-state index is 12.6. The number of ether oxygens (including phenoxy) is 1. The molecule has 2 bridgehead atoms. The van der Waals surface area contributed by atoms with Gasteiger partial charge in [-0.2, -0.15) is 0 Å². The smallest absolute Gasteiger partial charge is 0.310 e. The van der Waals surface area contributed by atoms with Crippen molar-refractivity contribution >= 4 is 28.6 Å². The summed E-state index contributed by atoms with van der Waals surface area (Å²) in [6, 6.07) is 9.13. The lowest BCUT2D eigenvalue weighted by Gasteiger charge is -2.43. The minimum Gasteiger partial charge on any atom is -0.469 e. The second-order valence-corrected chi connectivity index (χ2v) is 7.77. The van der Waals surface area contributed by atoms with Crippen molar-refractivity contribution in [2.75, 3.05) is 20.3 Å². The number of esters is 1. The Balaban J connectivity index is 1.88. The second kappa shape index (κ2) is 7.47. The standard InChI is InChI=1S/C18H23FINO2/c1-23-18(22)17-15(12-3-5-13(20)6-4-12)11-14-7-8-16(17)21(14)10-2-9-19/h3-6,14-17H,2,7-11H2,1H3/t14-,15?,16+,17?/m0/s1. The highest BCUT2D eigenvalue weighted by atomic mass is 127. The van der Waals surface area contributed by atoms with Crippen LogP contribution in [0, 0.1) is 9.49 Å². The van der Waals surface area contributed by atoms with Crippen LogP contribution in [0.25, 0.3) is 0 Å². The maximum atomic E-state index is 12.6. The fourth-order valence-electron chi connectivity index (χ4n) is 4.41. The van der Waals surface area contributed by atoms with Crippen LogP contribution in [0.2, 0.25) is 0 Å². The molecule has 3 nitrogen and oxygen atoms in total. The van der Waals surface area contributed by atoms with Gasteiger partial charge in [-0.05, 0) is 66.0 Å². The van der Waals surface area contributed by atoms with Crippen LogP contribution >= 0.6 is 22.6 Å². The van der Waals surface area contributed by atoms with Crippen LogP contribution in [-0.2, 0) is 9.53 Å². The van der Waals surface area contributed by atoms with E-state index in [2.05, 4.69) is 51.8 Å². The van der Waals surface area contributed by atoms with Gasteiger partial charge in [-0.1, -0.05) is 12.1 Å². The monoisotopic (exact) mass is 431 g/mol. The fourth-order valence-corrected chi connectivity index (χ4v) is 4.77. The molecule has 1 aromatic rings. The van der Waals surface area contributed by atoms with Crippen molar-refractivity contribution in [3.05, 3.63) is 33.4 Å². The van der Waals surface area contributed by atoms with Gasteiger partial charge in [0.2, 0.25) is 0 Å². The van der Waals surface area contributed by atoms with Gasteiger partial charge in [0.25, 0.3) is 0 Å². The number of fused-ring (bicyclic) bond motifs is 2. The number of carbonyl (C=O) groups is 1. The quantitative estimate of drug-likeness (QED) is 0.526. The Kier molecular flexibility index (Phi) is 5.57. The number of methoxy groups -OCH3 is 1. The highest BCUT2D eigenvalue weighted by Gasteiger charge is 2.50. The van der Waals surface area contributed by atoms with E-state index in [1.807, 2.05) is 0 Å². The van der Waals surface area contributed by atoms with Gasteiger partial charge in [0.05, 0.1) is 19.7 Å². The van der Waals surface area contributed by atoms with E-state index >= 15 is 0 Å². The number of nitrogens with zero attached hydrogens (tertiary/aromatic N) is 1. The summed E-state index contributed by atoms with van der Waals surface area (Å²) < 4.78 is 18.9. The van der Waals surface area contributed by atoms with Crippen molar-refractivity contribution in [2.24, 2.45) is 5.92 Å². The van der Waals surface area contributed by atoms with Crippen molar-refractivity contribution < 1.29 is 13.9 Å². The summed E-state index contributed by atoms with van der Waals surface area (Å²) in [5, 5.41) is 0. The molecule has 0 spiro atoms. The Labute approximate surface area is 150 Å². The average Bonchev–Trinajstić information content (AvgIpc) is 2.84. The van der Waals surface area contributed by atoms with Crippen LogP contribution in [-0.4, -0.2) is 43.3 Å². The molecule has 126 valence electrons. The molecule has 1 aromatic carbocycles. The molecule has 3 rings (SSSR count). The molecule has 2 saturated heterocycles. The largest absolute Gasteiger partial charge is 0.469 e. The molecule has 2 aliphatic rings. The number of halogens is 2. The molecule has 0 amide bonds. The minimum absolute atomic E-state index is 0.121. The summed E-state index contributed by atoms with van der Waals surface area (Å²) in [6.07, 6.45) is 3.63. The summed E-state index contributed by atoms with van der Waals surface area (Å²) >= 11 is 2.30. The highest BCUT2D eigenvalue weighted by Crippen LogP contribution is 2.47. The predicted octanol–water partition coefficient (Wildman–Crippen LogP) is 3.76. The van der Waals surface area contributed by atoms with Crippen molar-refractivity contribution in [1.29, 1.82) is 0 Å². The van der Waals surface area contributed by atoms with E-state index in [1.54, 1.807) is 0 Å². The number of benzene rings is 1. The Morgan fingerprint density at radius 1 is 1.35 bits per heavy atom. The van der Waals surface area contributed by atoms with E-state index in [0.717, 1.165) is 25.8 Å². The summed E-state index contributed by atoms with van der Waals surface area (Å²) in [6.45, 7) is 0.456. The molecule has 2 unspecified atom stereocenters. The van der Waals surface area contributed by atoms with Gasteiger partial charge in [-0.3, -0.25) is 14.1 Å². The zero-order valence-electron chi connectivity index (χ0n) is 13.4. The lowest BCUT2D eigenvalue weighted by Crippen LogP contribution is -2.51. The first kappa shape index (κ1) is 17.1. The van der Waals surface area contributed by atoms with Gasteiger partial charge < -0.3 is 4.74 Å². The van der Waals surface area contributed by atoms with Crippen LogP contribution in [0.3, 0.4) is 0 Å². The first-order valence-electron chi connectivity index (χ1n) is 8.30. The third kappa shape index (κ3) is 3.40. The van der Waals surface area contributed by atoms with Crippen molar-refractivity contribution in [3.63, 3.8) is 0 Å². The minimum atomic E-state index is -0.292. The molecule has 2 heterocycles. The normalized spacial score (nSPS) is 30.4. The predicted molar refractivity (Wildman–Crippen MR) is 96.1 cm³/mol. The van der Waals surface area contributed by atoms with E-state index in [4.69, 9.17) is 4.74 Å². The van der Waals surface area contributed by atoms with Crippen LogP contribution in [0.1, 0.15) is 37.2 Å². The summed E-state index contributed by atoms with van der Waals surface area (Å²) in [4.78, 5) is 14.9. The number of alkyl halides is 1. The fraction of sp³-hybridized carbons (Fsp3) is 0.611. The van der Waals surface area contributed by atoms with Crippen LogP contribution in [0.4, 0.5) is 4.39 Å². The number of rotatable bonds is 5. The van der Waals surface area contributed by atoms with Gasteiger partial charge in [0, 0.05) is 28.1 Å². The molecule has 0 aliphatic carbocycles. The number of carbonyl (C=O) groups excluding carboxylic acids is 1. The first-order chi connectivity index (χ1) is 11.2. The SMILES string of the molecule is COC(=O)C1C(c2ccc(I)cc2)C[C@@H]2CC[C@H]1N2CCCF. The van der Waals surface area contributed by atoms with Crippen LogP contribution in [0.15, 0.2) is 24.3 Å². The molecule has 5 heteroatoms. The maximum Gasteiger partial charge on any atom is 0.310 e. The van der Waals surface area contributed by atoms with E-state index in [1.165, 1.54) is 16.2 Å². The number of piperidine rings is 1. The molecule has 0 radical (unpaired) electrons. The van der Waals surface area contributed by atoms with E-state index in [0.29, 0.717) is 12.5 Å². The molecule has 0 saturated carbocycles. The Morgan fingerprint density at radius 3 is 2.74 bits per heavy atom. The van der Waals surface area contributed by atoms with E-state index < -0.39 is 0 Å². The van der Waals surface area contributed by atoms with Gasteiger partial charge in [0.1, 0.15) is 0 Å². The average molecular weight is 431 g/mol.